The monoisotopic (exact) mass is 433 g/mol. The number of morpholine rings is 1. The lowest BCUT2D eigenvalue weighted by atomic mass is 10.1. The molecule has 1 aromatic carbocycles. The summed E-state index contributed by atoms with van der Waals surface area (Å²) in [6.07, 6.45) is 2.13. The number of pyridine rings is 1. The SMILES string of the molecule is O=C(CCc1ccc(S(=O)(=O)N2CCOCC2)cc1)n1sc2ncccc2c1=O. The molecule has 0 aliphatic carbocycles. The number of ether oxygens (including phenoxy) is 1. The van der Waals surface area contributed by atoms with Crippen molar-refractivity contribution in [2.45, 2.75) is 17.7 Å². The average molecular weight is 434 g/mol. The number of hydrogen-bond acceptors (Lipinski definition) is 7. The first-order chi connectivity index (χ1) is 14.0. The predicted octanol–water partition coefficient (Wildman–Crippen LogP) is 1.75. The van der Waals surface area contributed by atoms with E-state index in [9.17, 15) is 18.0 Å². The number of nitrogens with zero attached hydrogens (tertiary/aromatic N) is 3. The Morgan fingerprint density at radius 1 is 1.14 bits per heavy atom. The van der Waals surface area contributed by atoms with Gasteiger partial charge >= 0.3 is 0 Å². The number of fused-ring (bicyclic) bond motifs is 1. The molecule has 0 unspecified atom stereocenters. The molecule has 3 aromatic rings. The fourth-order valence-corrected chi connectivity index (χ4v) is 5.46. The fraction of sp³-hybridized carbons (Fsp3) is 0.316. The Morgan fingerprint density at radius 3 is 2.55 bits per heavy atom. The van der Waals surface area contributed by atoms with Gasteiger partial charge in [-0.2, -0.15) is 8.26 Å². The van der Waals surface area contributed by atoms with Gasteiger partial charge in [0.05, 0.1) is 23.5 Å². The standard InChI is InChI=1S/C19H19N3O5S2/c23-17(22-19(24)16-2-1-9-20-18(16)28-22)8-5-14-3-6-15(7-4-14)29(25,26)21-10-12-27-13-11-21/h1-4,6-7,9H,5,8,10-13H2. The van der Waals surface area contributed by atoms with E-state index in [2.05, 4.69) is 4.98 Å². The molecule has 0 radical (unpaired) electrons. The fourth-order valence-electron chi connectivity index (χ4n) is 3.14. The van der Waals surface area contributed by atoms with E-state index in [4.69, 9.17) is 4.74 Å². The summed E-state index contributed by atoms with van der Waals surface area (Å²) in [5.74, 6) is -0.303. The molecule has 1 fully saturated rings. The maximum absolute atomic E-state index is 12.6. The van der Waals surface area contributed by atoms with Crippen molar-refractivity contribution in [1.82, 2.24) is 13.2 Å². The third kappa shape index (κ3) is 4.01. The highest BCUT2D eigenvalue weighted by Gasteiger charge is 2.26. The predicted molar refractivity (Wildman–Crippen MR) is 109 cm³/mol. The molecule has 2 aromatic heterocycles. The first-order valence-corrected chi connectivity index (χ1v) is 11.4. The maximum atomic E-state index is 12.6. The van der Waals surface area contributed by atoms with E-state index in [1.54, 1.807) is 42.6 Å². The van der Waals surface area contributed by atoms with E-state index < -0.39 is 10.0 Å². The summed E-state index contributed by atoms with van der Waals surface area (Å²) in [7, 11) is -3.54. The number of carbonyl (C=O) groups excluding carboxylic acids is 1. The second-order valence-electron chi connectivity index (χ2n) is 6.60. The molecule has 0 atom stereocenters. The Hall–Kier alpha value is -2.40. The summed E-state index contributed by atoms with van der Waals surface area (Å²) in [6.45, 7) is 1.48. The van der Waals surface area contributed by atoms with Gasteiger partial charge in [0.1, 0.15) is 4.83 Å². The van der Waals surface area contributed by atoms with Crippen molar-refractivity contribution < 1.29 is 17.9 Å². The van der Waals surface area contributed by atoms with Crippen LogP contribution in [0.3, 0.4) is 0 Å². The number of carbonyl (C=O) groups is 1. The van der Waals surface area contributed by atoms with Gasteiger partial charge in [0.25, 0.3) is 5.56 Å². The van der Waals surface area contributed by atoms with Crippen LogP contribution in [0.15, 0.2) is 52.3 Å². The molecule has 1 saturated heterocycles. The van der Waals surface area contributed by atoms with Crippen molar-refractivity contribution >= 4 is 37.7 Å². The molecule has 0 amide bonds. The molecule has 8 nitrogen and oxygen atoms in total. The number of hydrogen-bond donors (Lipinski definition) is 0. The Bertz CT molecular complexity index is 1190. The highest BCUT2D eigenvalue weighted by atomic mass is 32.2. The first kappa shape index (κ1) is 19.9. The summed E-state index contributed by atoms with van der Waals surface area (Å²) in [4.78, 5) is 29.7. The Kier molecular flexibility index (Phi) is 5.59. The van der Waals surface area contributed by atoms with Crippen LogP contribution in [0.1, 0.15) is 16.8 Å². The lowest BCUT2D eigenvalue weighted by molar-refractivity contribution is 0.0730. The van der Waals surface area contributed by atoms with Gasteiger partial charge in [0.2, 0.25) is 15.9 Å². The zero-order chi connectivity index (χ0) is 20.4. The topological polar surface area (TPSA) is 98.6 Å². The third-order valence-electron chi connectivity index (χ3n) is 4.75. The Balaban J connectivity index is 1.44. The molecular formula is C19H19N3O5S2. The van der Waals surface area contributed by atoms with Crippen LogP contribution in [0.5, 0.6) is 0 Å². The van der Waals surface area contributed by atoms with Gasteiger partial charge < -0.3 is 4.74 Å². The number of sulfonamides is 1. The van der Waals surface area contributed by atoms with Crippen molar-refractivity contribution in [2.75, 3.05) is 26.3 Å². The summed E-state index contributed by atoms with van der Waals surface area (Å²) in [5.41, 5.74) is 0.474. The molecule has 3 heterocycles. The second kappa shape index (κ2) is 8.15. The smallest absolute Gasteiger partial charge is 0.277 e. The zero-order valence-corrected chi connectivity index (χ0v) is 17.1. The van der Waals surface area contributed by atoms with Crippen molar-refractivity contribution in [1.29, 1.82) is 0 Å². The van der Waals surface area contributed by atoms with E-state index in [-0.39, 0.29) is 22.8 Å². The third-order valence-corrected chi connectivity index (χ3v) is 7.71. The summed E-state index contributed by atoms with van der Waals surface area (Å²) < 4.78 is 33.0. The van der Waals surface area contributed by atoms with Gasteiger partial charge in [-0.05, 0) is 47.8 Å². The quantitative estimate of drug-likeness (QED) is 0.608. The lowest BCUT2D eigenvalue weighted by Gasteiger charge is -2.26. The van der Waals surface area contributed by atoms with Gasteiger partial charge in [-0.3, -0.25) is 9.59 Å². The van der Waals surface area contributed by atoms with Gasteiger partial charge in [-0.15, -0.1) is 0 Å². The average Bonchev–Trinajstić information content (AvgIpc) is 3.10. The van der Waals surface area contributed by atoms with Crippen LogP contribution >= 0.6 is 11.5 Å². The molecule has 0 bridgehead atoms. The molecule has 152 valence electrons. The zero-order valence-electron chi connectivity index (χ0n) is 15.5. The van der Waals surface area contributed by atoms with Crippen molar-refractivity contribution in [3.8, 4) is 0 Å². The van der Waals surface area contributed by atoms with E-state index in [1.807, 2.05) is 0 Å². The van der Waals surface area contributed by atoms with E-state index in [0.717, 1.165) is 21.1 Å². The van der Waals surface area contributed by atoms with Crippen molar-refractivity contribution in [2.24, 2.45) is 0 Å². The Labute approximate surface area is 171 Å². The number of rotatable bonds is 5. The van der Waals surface area contributed by atoms with Crippen LogP contribution in [-0.4, -0.2) is 53.9 Å². The van der Waals surface area contributed by atoms with Crippen molar-refractivity contribution in [3.63, 3.8) is 0 Å². The first-order valence-electron chi connectivity index (χ1n) is 9.14. The van der Waals surface area contributed by atoms with Crippen molar-refractivity contribution in [3.05, 3.63) is 58.5 Å². The normalized spacial score (nSPS) is 15.6. The minimum atomic E-state index is -3.54. The van der Waals surface area contributed by atoms with Crippen LogP contribution in [0, 0.1) is 0 Å². The molecule has 0 N–H and O–H groups in total. The van der Waals surface area contributed by atoms with Crippen LogP contribution < -0.4 is 5.56 Å². The number of aromatic nitrogens is 2. The van der Waals surface area contributed by atoms with Crippen LogP contribution in [0.2, 0.25) is 0 Å². The van der Waals surface area contributed by atoms with Gasteiger partial charge in [-0.1, -0.05) is 12.1 Å². The largest absolute Gasteiger partial charge is 0.379 e. The van der Waals surface area contributed by atoms with Gasteiger partial charge in [0, 0.05) is 25.7 Å². The molecule has 1 aliphatic heterocycles. The molecule has 0 spiro atoms. The second-order valence-corrected chi connectivity index (χ2v) is 9.47. The molecule has 29 heavy (non-hydrogen) atoms. The minimum absolute atomic E-state index is 0.141. The minimum Gasteiger partial charge on any atom is -0.379 e. The molecule has 0 saturated carbocycles. The maximum Gasteiger partial charge on any atom is 0.277 e. The summed E-state index contributed by atoms with van der Waals surface area (Å²) >= 11 is 1.04. The Morgan fingerprint density at radius 2 is 1.86 bits per heavy atom. The summed E-state index contributed by atoms with van der Waals surface area (Å²) in [6, 6.07) is 9.84. The van der Waals surface area contributed by atoms with Crippen LogP contribution in [-0.2, 0) is 21.2 Å². The number of aryl methyl sites for hydroxylation is 1. The number of benzene rings is 1. The highest BCUT2D eigenvalue weighted by Crippen LogP contribution is 2.19. The molecular weight excluding hydrogens is 414 g/mol. The molecule has 1 aliphatic rings. The van der Waals surface area contributed by atoms with E-state index in [0.29, 0.717) is 42.9 Å². The summed E-state index contributed by atoms with van der Waals surface area (Å²) in [5, 5.41) is 0.434. The highest BCUT2D eigenvalue weighted by molar-refractivity contribution is 7.89. The van der Waals surface area contributed by atoms with Gasteiger partial charge in [-0.25, -0.2) is 13.4 Å². The lowest BCUT2D eigenvalue weighted by Crippen LogP contribution is -2.40. The van der Waals surface area contributed by atoms with Crippen LogP contribution in [0.25, 0.3) is 10.2 Å². The van der Waals surface area contributed by atoms with Crippen LogP contribution in [0.4, 0.5) is 0 Å². The van der Waals surface area contributed by atoms with E-state index in [1.165, 1.54) is 4.31 Å². The van der Waals surface area contributed by atoms with Gasteiger partial charge in [0.15, 0.2) is 0 Å². The molecule has 10 heteroatoms. The molecule has 4 rings (SSSR count). The van der Waals surface area contributed by atoms with E-state index >= 15 is 0 Å².